The number of rotatable bonds is 4. The van der Waals surface area contributed by atoms with Crippen LogP contribution < -0.4 is 14.4 Å². The number of likely N-dealkylation sites (tertiary alicyclic amines) is 1. The van der Waals surface area contributed by atoms with E-state index in [9.17, 15) is 0 Å². The quantitative estimate of drug-likeness (QED) is 0.809. The highest BCUT2D eigenvalue weighted by atomic mass is 16.6. The van der Waals surface area contributed by atoms with Crippen LogP contribution in [0.1, 0.15) is 30.0 Å². The number of hydrogen-bond donors (Lipinski definition) is 0. The highest BCUT2D eigenvalue weighted by Crippen LogP contribution is 2.38. The van der Waals surface area contributed by atoms with Crippen LogP contribution in [0.2, 0.25) is 0 Å². The molecule has 2 aromatic rings. The molecule has 0 saturated carbocycles. The van der Waals surface area contributed by atoms with E-state index >= 15 is 0 Å². The van der Waals surface area contributed by atoms with Crippen molar-refractivity contribution in [3.05, 3.63) is 53.6 Å². The third-order valence-corrected chi connectivity index (χ3v) is 6.01. The Kier molecular flexibility index (Phi) is 5.10. The standard InChI is InChI=1S/C23H28N2O3/c1-2-21(19-5-8-22-23(16-19)28-15-14-27-22)25(9-1)17-18-3-6-20(7-4-18)24-10-12-26-13-11-24/h3-8,16,21H,1-2,9-15,17H2. The van der Waals surface area contributed by atoms with Crippen molar-refractivity contribution >= 4 is 5.69 Å². The van der Waals surface area contributed by atoms with E-state index in [1.165, 1.54) is 29.7 Å². The van der Waals surface area contributed by atoms with Crippen LogP contribution >= 0.6 is 0 Å². The second-order valence-corrected chi connectivity index (χ2v) is 7.80. The van der Waals surface area contributed by atoms with Gasteiger partial charge in [0.25, 0.3) is 0 Å². The number of nitrogens with zero attached hydrogens (tertiary/aromatic N) is 2. The first-order valence-corrected chi connectivity index (χ1v) is 10.4. The van der Waals surface area contributed by atoms with Gasteiger partial charge >= 0.3 is 0 Å². The number of benzene rings is 2. The van der Waals surface area contributed by atoms with Gasteiger partial charge in [-0.1, -0.05) is 18.2 Å². The lowest BCUT2D eigenvalue weighted by Gasteiger charge is -2.29. The Bertz CT molecular complexity index is 802. The van der Waals surface area contributed by atoms with E-state index in [2.05, 4.69) is 52.3 Å². The van der Waals surface area contributed by atoms with Crippen LogP contribution in [0.25, 0.3) is 0 Å². The Morgan fingerprint density at radius 1 is 0.821 bits per heavy atom. The summed E-state index contributed by atoms with van der Waals surface area (Å²) in [6.07, 6.45) is 2.44. The fourth-order valence-electron chi connectivity index (χ4n) is 4.53. The molecule has 148 valence electrons. The molecule has 2 aromatic carbocycles. The van der Waals surface area contributed by atoms with E-state index in [4.69, 9.17) is 14.2 Å². The molecule has 0 spiro atoms. The van der Waals surface area contributed by atoms with E-state index < -0.39 is 0 Å². The largest absolute Gasteiger partial charge is 0.486 e. The van der Waals surface area contributed by atoms with Crippen LogP contribution in [0.4, 0.5) is 5.69 Å². The van der Waals surface area contributed by atoms with Gasteiger partial charge in [0.15, 0.2) is 11.5 Å². The molecule has 5 heteroatoms. The molecule has 0 N–H and O–H groups in total. The summed E-state index contributed by atoms with van der Waals surface area (Å²) in [6.45, 7) is 7.03. The van der Waals surface area contributed by atoms with Crippen molar-refractivity contribution in [2.75, 3.05) is 51.0 Å². The van der Waals surface area contributed by atoms with Crippen LogP contribution in [0.3, 0.4) is 0 Å². The fraction of sp³-hybridized carbons (Fsp3) is 0.478. The van der Waals surface area contributed by atoms with Gasteiger partial charge in [0, 0.05) is 31.4 Å². The molecule has 0 radical (unpaired) electrons. The molecule has 3 aliphatic heterocycles. The van der Waals surface area contributed by atoms with E-state index in [0.717, 1.165) is 50.9 Å². The summed E-state index contributed by atoms with van der Waals surface area (Å²) in [6, 6.07) is 16.0. The highest BCUT2D eigenvalue weighted by molar-refractivity contribution is 5.48. The molecular weight excluding hydrogens is 352 g/mol. The maximum Gasteiger partial charge on any atom is 0.161 e. The first-order valence-electron chi connectivity index (χ1n) is 10.4. The lowest BCUT2D eigenvalue weighted by atomic mass is 10.0. The summed E-state index contributed by atoms with van der Waals surface area (Å²) in [4.78, 5) is 5.00. The normalized spacial score (nSPS) is 22.4. The van der Waals surface area contributed by atoms with Gasteiger partial charge in [0.05, 0.1) is 13.2 Å². The maximum absolute atomic E-state index is 5.79. The molecule has 5 nitrogen and oxygen atoms in total. The number of fused-ring (bicyclic) bond motifs is 1. The summed E-state index contributed by atoms with van der Waals surface area (Å²) >= 11 is 0. The Hall–Kier alpha value is -2.24. The zero-order valence-electron chi connectivity index (χ0n) is 16.3. The molecule has 3 heterocycles. The van der Waals surface area contributed by atoms with E-state index in [0.29, 0.717) is 19.3 Å². The molecule has 0 bridgehead atoms. The Balaban J connectivity index is 1.28. The summed E-state index contributed by atoms with van der Waals surface area (Å²) in [5.41, 5.74) is 4.02. The molecule has 28 heavy (non-hydrogen) atoms. The third-order valence-electron chi connectivity index (χ3n) is 6.01. The lowest BCUT2D eigenvalue weighted by molar-refractivity contribution is 0.122. The molecule has 1 unspecified atom stereocenters. The van der Waals surface area contributed by atoms with Gasteiger partial charge in [-0.3, -0.25) is 4.90 Å². The number of anilines is 1. The first-order chi connectivity index (χ1) is 13.9. The predicted molar refractivity (Wildman–Crippen MR) is 109 cm³/mol. The van der Waals surface area contributed by atoms with Crippen molar-refractivity contribution in [2.45, 2.75) is 25.4 Å². The summed E-state index contributed by atoms with van der Waals surface area (Å²) in [5, 5.41) is 0. The average molecular weight is 380 g/mol. The van der Waals surface area contributed by atoms with Crippen molar-refractivity contribution in [1.29, 1.82) is 0 Å². The highest BCUT2D eigenvalue weighted by Gasteiger charge is 2.27. The van der Waals surface area contributed by atoms with E-state index in [1.807, 2.05) is 0 Å². The van der Waals surface area contributed by atoms with Gasteiger partial charge in [-0.2, -0.15) is 0 Å². The van der Waals surface area contributed by atoms with Crippen molar-refractivity contribution in [1.82, 2.24) is 4.90 Å². The monoisotopic (exact) mass is 380 g/mol. The molecule has 3 aliphatic rings. The third kappa shape index (κ3) is 3.69. The van der Waals surface area contributed by atoms with Crippen molar-refractivity contribution in [2.24, 2.45) is 0 Å². The molecule has 0 aromatic heterocycles. The van der Waals surface area contributed by atoms with Crippen LogP contribution in [0.5, 0.6) is 11.5 Å². The fourth-order valence-corrected chi connectivity index (χ4v) is 4.53. The molecule has 1 atom stereocenters. The van der Waals surface area contributed by atoms with Gasteiger partial charge in [-0.25, -0.2) is 0 Å². The van der Waals surface area contributed by atoms with Gasteiger partial charge < -0.3 is 19.1 Å². The molecule has 0 aliphatic carbocycles. The molecular formula is C23H28N2O3. The number of ether oxygens (including phenoxy) is 3. The SMILES string of the molecule is c1cc(N2CCOCC2)ccc1CN1CCCC1c1ccc2c(c1)OCCO2. The molecule has 5 rings (SSSR count). The zero-order valence-corrected chi connectivity index (χ0v) is 16.3. The summed E-state index contributed by atoms with van der Waals surface area (Å²) in [7, 11) is 0. The van der Waals surface area contributed by atoms with Crippen LogP contribution in [0.15, 0.2) is 42.5 Å². The topological polar surface area (TPSA) is 34.2 Å². The minimum atomic E-state index is 0.453. The first kappa shape index (κ1) is 17.8. The number of hydrogen-bond acceptors (Lipinski definition) is 5. The van der Waals surface area contributed by atoms with Crippen molar-refractivity contribution in [3.8, 4) is 11.5 Å². The zero-order chi connectivity index (χ0) is 18.8. The minimum Gasteiger partial charge on any atom is -0.486 e. The van der Waals surface area contributed by atoms with Crippen LogP contribution in [-0.2, 0) is 11.3 Å². The summed E-state index contributed by atoms with van der Waals surface area (Å²) in [5.74, 6) is 1.77. The van der Waals surface area contributed by atoms with Crippen molar-refractivity contribution < 1.29 is 14.2 Å². The average Bonchev–Trinajstić information content (AvgIpc) is 3.23. The molecule has 0 amide bonds. The Labute approximate surface area is 166 Å². The maximum atomic E-state index is 5.79. The molecule has 2 fully saturated rings. The summed E-state index contributed by atoms with van der Waals surface area (Å²) < 4.78 is 16.9. The second kappa shape index (κ2) is 8.02. The predicted octanol–water partition coefficient (Wildman–Crippen LogP) is 3.63. The van der Waals surface area contributed by atoms with Gasteiger partial charge in [-0.05, 0) is 54.8 Å². The van der Waals surface area contributed by atoms with Crippen LogP contribution in [-0.4, -0.2) is 51.0 Å². The van der Waals surface area contributed by atoms with Gasteiger partial charge in [0.2, 0.25) is 0 Å². The smallest absolute Gasteiger partial charge is 0.161 e. The van der Waals surface area contributed by atoms with E-state index in [1.54, 1.807) is 0 Å². The van der Waals surface area contributed by atoms with Crippen LogP contribution in [0, 0.1) is 0 Å². The van der Waals surface area contributed by atoms with Gasteiger partial charge in [0.1, 0.15) is 13.2 Å². The molecule has 2 saturated heterocycles. The Morgan fingerprint density at radius 2 is 1.61 bits per heavy atom. The van der Waals surface area contributed by atoms with E-state index in [-0.39, 0.29) is 0 Å². The minimum absolute atomic E-state index is 0.453. The van der Waals surface area contributed by atoms with Crippen molar-refractivity contribution in [3.63, 3.8) is 0 Å². The lowest BCUT2D eigenvalue weighted by Crippen LogP contribution is -2.36. The van der Waals surface area contributed by atoms with Gasteiger partial charge in [-0.15, -0.1) is 0 Å². The number of morpholine rings is 1. The second-order valence-electron chi connectivity index (χ2n) is 7.80. The Morgan fingerprint density at radius 3 is 2.43 bits per heavy atom.